The molecular formula is C11H14ClO3P. The lowest BCUT2D eigenvalue weighted by Crippen LogP contribution is -2.41. The number of halogens is 1. The summed E-state index contributed by atoms with van der Waals surface area (Å²) in [4.78, 5) is 0. The highest BCUT2D eigenvalue weighted by atomic mass is 35.7. The number of hydrogen-bond acceptors (Lipinski definition) is 3. The van der Waals surface area contributed by atoms with Gasteiger partial charge in [-0.25, -0.2) is 0 Å². The highest BCUT2D eigenvalue weighted by Gasteiger charge is 2.47. The van der Waals surface area contributed by atoms with E-state index in [2.05, 4.69) is 0 Å². The first-order valence-corrected chi connectivity index (χ1v) is 7.75. The summed E-state index contributed by atoms with van der Waals surface area (Å²) in [5.41, 5.74) is 0. The van der Waals surface area contributed by atoms with Crippen molar-refractivity contribution < 1.29 is 14.0 Å². The van der Waals surface area contributed by atoms with Crippen molar-refractivity contribution in [2.24, 2.45) is 0 Å². The molecule has 0 saturated carbocycles. The molecule has 1 aliphatic heterocycles. The van der Waals surface area contributed by atoms with Crippen molar-refractivity contribution in [1.82, 2.24) is 0 Å². The van der Waals surface area contributed by atoms with E-state index in [9.17, 15) is 4.57 Å². The Morgan fingerprint density at radius 3 is 2.56 bits per heavy atom. The lowest BCUT2D eigenvalue weighted by atomic mass is 10.4. The van der Waals surface area contributed by atoms with Crippen LogP contribution in [0.15, 0.2) is 30.3 Å². The molecule has 5 heteroatoms. The smallest absolute Gasteiger partial charge is 0.229 e. The molecule has 1 aromatic carbocycles. The molecule has 0 bridgehead atoms. The third-order valence-electron chi connectivity index (χ3n) is 2.71. The molecule has 2 unspecified atom stereocenters. The van der Waals surface area contributed by atoms with E-state index in [1.165, 1.54) is 0 Å². The molecule has 0 amide bonds. The molecule has 0 aliphatic carbocycles. The van der Waals surface area contributed by atoms with Gasteiger partial charge in [0.1, 0.15) is 0 Å². The molecule has 0 spiro atoms. The lowest BCUT2D eigenvalue weighted by Gasteiger charge is -2.36. The minimum absolute atomic E-state index is 0.267. The third kappa shape index (κ3) is 2.05. The van der Waals surface area contributed by atoms with Crippen LogP contribution in [0.3, 0.4) is 0 Å². The molecule has 0 radical (unpaired) electrons. The Balaban J connectivity index is 2.34. The molecule has 3 nitrogen and oxygen atoms in total. The normalized spacial score (nSPS) is 29.6. The van der Waals surface area contributed by atoms with Crippen molar-refractivity contribution >= 4 is 23.0 Å². The molecule has 1 saturated heterocycles. The second kappa shape index (κ2) is 4.50. The fourth-order valence-electron chi connectivity index (χ4n) is 1.68. The SMILES string of the molecule is CC1(P(=O)(Cl)c2ccccc2)COCCO1. The third-order valence-corrected chi connectivity index (χ3v) is 6.80. The molecule has 88 valence electrons. The van der Waals surface area contributed by atoms with Crippen LogP contribution in [0.25, 0.3) is 0 Å². The first kappa shape index (κ1) is 12.1. The minimum Gasteiger partial charge on any atom is -0.375 e. The molecule has 1 heterocycles. The first-order chi connectivity index (χ1) is 7.56. The zero-order chi connectivity index (χ0) is 11.6. The van der Waals surface area contributed by atoms with Crippen molar-refractivity contribution in [2.45, 2.75) is 12.3 Å². The Morgan fingerprint density at radius 2 is 2.00 bits per heavy atom. The summed E-state index contributed by atoms with van der Waals surface area (Å²) < 4.78 is 23.5. The van der Waals surface area contributed by atoms with Crippen molar-refractivity contribution in [3.63, 3.8) is 0 Å². The maximum absolute atomic E-state index is 12.7. The molecule has 1 aliphatic rings. The van der Waals surface area contributed by atoms with E-state index in [0.717, 1.165) is 0 Å². The van der Waals surface area contributed by atoms with Crippen LogP contribution >= 0.6 is 17.7 Å². The van der Waals surface area contributed by atoms with Crippen LogP contribution in [-0.2, 0) is 14.0 Å². The maximum atomic E-state index is 12.7. The van der Waals surface area contributed by atoms with Crippen molar-refractivity contribution in [3.8, 4) is 0 Å². The van der Waals surface area contributed by atoms with Gasteiger partial charge in [0.2, 0.25) is 6.49 Å². The fourth-order valence-corrected chi connectivity index (χ4v) is 3.93. The van der Waals surface area contributed by atoms with Crippen molar-refractivity contribution in [1.29, 1.82) is 0 Å². The minimum atomic E-state index is -3.11. The Bertz CT molecular complexity index is 401. The summed E-state index contributed by atoms with van der Waals surface area (Å²) in [6.45, 7) is -0.138. The lowest BCUT2D eigenvalue weighted by molar-refractivity contribution is -0.103. The van der Waals surface area contributed by atoms with Gasteiger partial charge in [-0.15, -0.1) is 0 Å². The van der Waals surface area contributed by atoms with E-state index in [-0.39, 0.29) is 6.61 Å². The Kier molecular flexibility index (Phi) is 3.41. The van der Waals surface area contributed by atoms with Crippen molar-refractivity contribution in [3.05, 3.63) is 30.3 Å². The standard InChI is InChI=1S/C11H14ClO3P/c1-11(9-14-7-8-15-11)16(12,13)10-5-3-2-4-6-10/h2-6H,7-9H2,1H3. The van der Waals surface area contributed by atoms with E-state index in [0.29, 0.717) is 18.5 Å². The topological polar surface area (TPSA) is 35.5 Å². The number of hydrogen-bond donors (Lipinski definition) is 0. The zero-order valence-electron chi connectivity index (χ0n) is 9.06. The molecule has 16 heavy (non-hydrogen) atoms. The number of ether oxygens (including phenoxy) is 2. The Morgan fingerprint density at radius 1 is 1.31 bits per heavy atom. The van der Waals surface area contributed by atoms with Gasteiger partial charge in [0, 0.05) is 5.30 Å². The van der Waals surface area contributed by atoms with Crippen molar-refractivity contribution in [2.75, 3.05) is 19.8 Å². The quantitative estimate of drug-likeness (QED) is 0.767. The van der Waals surface area contributed by atoms with E-state index in [1.807, 2.05) is 18.2 Å². The van der Waals surface area contributed by atoms with Gasteiger partial charge in [-0.3, -0.25) is 4.57 Å². The predicted octanol–water partition coefficient (Wildman–Crippen LogP) is 2.59. The highest BCUT2D eigenvalue weighted by Crippen LogP contribution is 2.62. The zero-order valence-corrected chi connectivity index (χ0v) is 10.7. The van der Waals surface area contributed by atoms with Gasteiger partial charge < -0.3 is 9.47 Å². The average Bonchev–Trinajstić information content (AvgIpc) is 2.31. The molecule has 1 aromatic rings. The Labute approximate surface area is 99.9 Å². The first-order valence-electron chi connectivity index (χ1n) is 5.13. The molecular weight excluding hydrogens is 247 g/mol. The van der Waals surface area contributed by atoms with E-state index in [1.54, 1.807) is 19.1 Å². The van der Waals surface area contributed by atoms with E-state index >= 15 is 0 Å². The average molecular weight is 261 g/mol. The van der Waals surface area contributed by atoms with Gasteiger partial charge in [0.25, 0.3) is 0 Å². The largest absolute Gasteiger partial charge is 0.375 e. The van der Waals surface area contributed by atoms with Crippen LogP contribution in [0.2, 0.25) is 0 Å². The van der Waals surface area contributed by atoms with Gasteiger partial charge >= 0.3 is 0 Å². The van der Waals surface area contributed by atoms with Crippen LogP contribution in [0.5, 0.6) is 0 Å². The number of benzene rings is 1. The van der Waals surface area contributed by atoms with Crippen LogP contribution in [0.1, 0.15) is 6.92 Å². The highest BCUT2D eigenvalue weighted by molar-refractivity contribution is 7.96. The van der Waals surface area contributed by atoms with Crippen LogP contribution in [0, 0.1) is 0 Å². The van der Waals surface area contributed by atoms with E-state index in [4.69, 9.17) is 20.7 Å². The molecule has 0 aromatic heterocycles. The van der Waals surface area contributed by atoms with Crippen LogP contribution in [0.4, 0.5) is 0 Å². The molecule has 2 atom stereocenters. The summed E-state index contributed by atoms with van der Waals surface area (Å²) in [7, 11) is 0. The molecule has 2 rings (SSSR count). The van der Waals surface area contributed by atoms with Gasteiger partial charge in [-0.2, -0.15) is 0 Å². The van der Waals surface area contributed by atoms with Crippen LogP contribution in [-0.4, -0.2) is 25.2 Å². The van der Waals surface area contributed by atoms with Gasteiger partial charge in [-0.1, -0.05) is 30.3 Å². The summed E-state index contributed by atoms with van der Waals surface area (Å²) in [5, 5.41) is -0.307. The summed E-state index contributed by atoms with van der Waals surface area (Å²) >= 11 is 6.23. The van der Waals surface area contributed by atoms with Crippen LogP contribution < -0.4 is 5.30 Å². The second-order valence-electron chi connectivity index (χ2n) is 3.94. The summed E-state index contributed by atoms with van der Waals surface area (Å²) in [5.74, 6) is 0. The fraction of sp³-hybridized carbons (Fsp3) is 0.455. The predicted molar refractivity (Wildman–Crippen MR) is 64.7 cm³/mol. The second-order valence-corrected chi connectivity index (χ2v) is 7.90. The van der Waals surface area contributed by atoms with Gasteiger partial charge in [-0.05, 0) is 18.2 Å². The molecule has 1 fully saturated rings. The van der Waals surface area contributed by atoms with Gasteiger partial charge in [0.15, 0.2) is 5.34 Å². The van der Waals surface area contributed by atoms with E-state index < -0.39 is 11.8 Å². The summed E-state index contributed by atoms with van der Waals surface area (Å²) in [6.07, 6.45) is 0. The number of rotatable bonds is 2. The van der Waals surface area contributed by atoms with Gasteiger partial charge in [0.05, 0.1) is 19.8 Å². The monoisotopic (exact) mass is 260 g/mol. The summed E-state index contributed by atoms with van der Waals surface area (Å²) in [6, 6.07) is 9.02. The Hall–Kier alpha value is -0.340. The maximum Gasteiger partial charge on any atom is 0.229 e. The molecule has 0 N–H and O–H groups in total.